The second-order valence-electron chi connectivity index (χ2n) is 11.4. The normalized spacial score (nSPS) is 11.7. The topological polar surface area (TPSA) is 26.9 Å². The third-order valence-electron chi connectivity index (χ3n) is 8.94. The first-order valence-corrected chi connectivity index (χ1v) is 14.9. The van der Waals surface area contributed by atoms with Gasteiger partial charge in [0.05, 0.1) is 22.4 Å². The average Bonchev–Trinajstić information content (AvgIpc) is 3.39. The highest BCUT2D eigenvalue weighted by Gasteiger charge is 2.17. The second-order valence-corrected chi connectivity index (χ2v) is 11.4. The zero-order chi connectivity index (χ0) is 29.2. The summed E-state index contributed by atoms with van der Waals surface area (Å²) in [6.45, 7) is 0. The maximum atomic E-state index is 14.1. The summed E-state index contributed by atoms with van der Waals surface area (Å²) in [6, 6.07) is 54.7. The zero-order valence-corrected chi connectivity index (χ0v) is 23.8. The summed E-state index contributed by atoms with van der Waals surface area (Å²) < 4.78 is 3.62. The van der Waals surface area contributed by atoms with Crippen molar-refractivity contribution < 1.29 is 0 Å². The van der Waals surface area contributed by atoms with Crippen molar-refractivity contribution in [1.82, 2.24) is 9.13 Å². The van der Waals surface area contributed by atoms with E-state index in [-0.39, 0.29) is 5.69 Å². The number of aromatic nitrogens is 2. The Labute approximate surface area is 253 Å². The number of para-hydroxylation sites is 2. The van der Waals surface area contributed by atoms with Crippen molar-refractivity contribution >= 4 is 43.4 Å². The van der Waals surface area contributed by atoms with Crippen LogP contribution >= 0.6 is 0 Å². The van der Waals surface area contributed by atoms with Crippen LogP contribution in [0, 0.1) is 0 Å². The van der Waals surface area contributed by atoms with Crippen LogP contribution in [0.3, 0.4) is 0 Å². The van der Waals surface area contributed by atoms with Gasteiger partial charge < -0.3 is 0 Å². The van der Waals surface area contributed by atoms with Crippen LogP contribution in [0.4, 0.5) is 0 Å². The van der Waals surface area contributed by atoms with Crippen LogP contribution in [0.25, 0.3) is 77.0 Å². The van der Waals surface area contributed by atoms with Gasteiger partial charge >= 0.3 is 5.69 Å². The average molecular weight is 563 g/mol. The lowest BCUT2D eigenvalue weighted by Gasteiger charge is -2.14. The van der Waals surface area contributed by atoms with Crippen LogP contribution in [-0.4, -0.2) is 9.13 Å². The molecule has 0 radical (unpaired) electrons. The smallest absolute Gasteiger partial charge is 0.260 e. The van der Waals surface area contributed by atoms with Gasteiger partial charge in [-0.15, -0.1) is 0 Å². The largest absolute Gasteiger partial charge is 0.338 e. The molecular formula is C41H26N2O. The summed E-state index contributed by atoms with van der Waals surface area (Å²) in [5.74, 6) is 0. The minimum absolute atomic E-state index is 0.0888. The van der Waals surface area contributed by atoms with Gasteiger partial charge in [0.2, 0.25) is 0 Å². The molecule has 0 amide bonds. The van der Waals surface area contributed by atoms with E-state index in [0.29, 0.717) is 0 Å². The number of nitrogens with zero attached hydrogens (tertiary/aromatic N) is 2. The highest BCUT2D eigenvalue weighted by Crippen LogP contribution is 2.39. The Morgan fingerprint density at radius 2 is 0.864 bits per heavy atom. The Balaban J connectivity index is 1.16. The Kier molecular flexibility index (Phi) is 5.35. The first kappa shape index (κ1) is 24.6. The maximum Gasteiger partial charge on any atom is 0.338 e. The van der Waals surface area contributed by atoms with Crippen molar-refractivity contribution in [3.05, 3.63) is 168 Å². The number of hydrogen-bond donors (Lipinski definition) is 0. The Morgan fingerprint density at radius 3 is 1.50 bits per heavy atom. The quantitative estimate of drug-likeness (QED) is 0.196. The van der Waals surface area contributed by atoms with Crippen LogP contribution in [0.15, 0.2) is 163 Å². The van der Waals surface area contributed by atoms with Gasteiger partial charge in [0.15, 0.2) is 0 Å². The molecule has 0 bridgehead atoms. The standard InChI is InChI=1S/C41H26N2O/c44-41-42(33-21-15-28(16-22-33)27-7-2-1-3-8-27)37-11-4-5-12-38(37)43(41)34-23-17-29(18-24-34)35-25-19-32-14-13-30-9-6-10-31-20-26-36(35)40(32)39(30)31/h1-26H. The molecule has 3 heteroatoms. The number of fused-ring (bicyclic) bond motifs is 1. The predicted octanol–water partition coefficient (Wildman–Crippen LogP) is 10.0. The van der Waals surface area contributed by atoms with Crippen LogP contribution in [0.2, 0.25) is 0 Å². The molecule has 8 aromatic carbocycles. The summed E-state index contributed by atoms with van der Waals surface area (Å²) in [6.07, 6.45) is 0. The lowest BCUT2D eigenvalue weighted by Crippen LogP contribution is -2.22. The van der Waals surface area contributed by atoms with E-state index in [4.69, 9.17) is 0 Å². The van der Waals surface area contributed by atoms with E-state index in [9.17, 15) is 4.79 Å². The van der Waals surface area contributed by atoms with Crippen molar-refractivity contribution in [2.45, 2.75) is 0 Å². The molecule has 9 aromatic rings. The first-order valence-electron chi connectivity index (χ1n) is 14.9. The minimum atomic E-state index is -0.0888. The van der Waals surface area contributed by atoms with Gasteiger partial charge in [0, 0.05) is 0 Å². The molecule has 0 aliphatic heterocycles. The van der Waals surface area contributed by atoms with E-state index < -0.39 is 0 Å². The monoisotopic (exact) mass is 562 g/mol. The summed E-state index contributed by atoms with van der Waals surface area (Å²) in [4.78, 5) is 14.1. The summed E-state index contributed by atoms with van der Waals surface area (Å²) >= 11 is 0. The van der Waals surface area contributed by atoms with Gasteiger partial charge in [-0.25, -0.2) is 4.79 Å². The van der Waals surface area contributed by atoms with Gasteiger partial charge in [-0.1, -0.05) is 121 Å². The molecule has 206 valence electrons. The molecule has 1 aromatic heterocycles. The molecule has 0 saturated heterocycles. The third-order valence-corrected chi connectivity index (χ3v) is 8.94. The molecular weight excluding hydrogens is 536 g/mol. The Bertz CT molecular complexity index is 2520. The molecule has 0 atom stereocenters. The lowest BCUT2D eigenvalue weighted by atomic mass is 9.90. The van der Waals surface area contributed by atoms with Crippen molar-refractivity contribution in [3.8, 4) is 33.6 Å². The van der Waals surface area contributed by atoms with Crippen LogP contribution in [-0.2, 0) is 0 Å². The van der Waals surface area contributed by atoms with Gasteiger partial charge in [-0.3, -0.25) is 9.13 Å². The van der Waals surface area contributed by atoms with Crippen molar-refractivity contribution in [2.75, 3.05) is 0 Å². The molecule has 1 heterocycles. The molecule has 9 rings (SSSR count). The molecule has 0 unspecified atom stereocenters. The number of rotatable bonds is 4. The molecule has 0 N–H and O–H groups in total. The molecule has 0 aliphatic carbocycles. The zero-order valence-electron chi connectivity index (χ0n) is 23.8. The van der Waals surface area contributed by atoms with Gasteiger partial charge in [-0.05, 0) is 91.0 Å². The molecule has 0 fully saturated rings. The fraction of sp³-hybridized carbons (Fsp3) is 0. The van der Waals surface area contributed by atoms with E-state index in [1.807, 2.05) is 59.2 Å². The maximum absolute atomic E-state index is 14.1. The number of benzene rings is 8. The van der Waals surface area contributed by atoms with Gasteiger partial charge in [0.25, 0.3) is 0 Å². The SMILES string of the molecule is O=c1n(-c2ccc(-c3ccccc3)cc2)c2ccccc2n1-c1ccc(-c2ccc3ccc4cccc5ccc2c3c45)cc1. The number of hydrogen-bond acceptors (Lipinski definition) is 1. The van der Waals surface area contributed by atoms with Crippen LogP contribution in [0.5, 0.6) is 0 Å². The predicted molar refractivity (Wildman–Crippen MR) is 183 cm³/mol. The lowest BCUT2D eigenvalue weighted by molar-refractivity contribution is 0.931. The highest BCUT2D eigenvalue weighted by molar-refractivity contribution is 6.25. The van der Waals surface area contributed by atoms with Crippen molar-refractivity contribution in [1.29, 1.82) is 0 Å². The second kappa shape index (κ2) is 9.55. The van der Waals surface area contributed by atoms with E-state index in [0.717, 1.165) is 39.1 Å². The van der Waals surface area contributed by atoms with Crippen LogP contribution in [0.1, 0.15) is 0 Å². The van der Waals surface area contributed by atoms with Gasteiger partial charge in [-0.2, -0.15) is 0 Å². The van der Waals surface area contributed by atoms with E-state index in [1.54, 1.807) is 4.57 Å². The minimum Gasteiger partial charge on any atom is -0.260 e. The molecule has 0 saturated carbocycles. The fourth-order valence-corrected chi connectivity index (χ4v) is 6.86. The van der Waals surface area contributed by atoms with E-state index in [1.165, 1.54) is 37.9 Å². The fourth-order valence-electron chi connectivity index (χ4n) is 6.86. The highest BCUT2D eigenvalue weighted by atomic mass is 16.1. The third kappa shape index (κ3) is 3.66. The van der Waals surface area contributed by atoms with Gasteiger partial charge in [0.1, 0.15) is 0 Å². The van der Waals surface area contributed by atoms with E-state index in [2.05, 4.69) is 103 Å². The van der Waals surface area contributed by atoms with Crippen molar-refractivity contribution in [3.63, 3.8) is 0 Å². The molecule has 0 spiro atoms. The van der Waals surface area contributed by atoms with E-state index >= 15 is 0 Å². The Hall–Kier alpha value is -5.93. The molecule has 44 heavy (non-hydrogen) atoms. The first-order chi connectivity index (χ1) is 21.7. The number of imidazole rings is 1. The van der Waals surface area contributed by atoms with Crippen LogP contribution < -0.4 is 5.69 Å². The summed E-state index contributed by atoms with van der Waals surface area (Å²) in [5, 5.41) is 7.64. The molecule has 0 aliphatic rings. The summed E-state index contributed by atoms with van der Waals surface area (Å²) in [7, 11) is 0. The molecule has 3 nitrogen and oxygen atoms in total. The van der Waals surface area contributed by atoms with Crippen molar-refractivity contribution in [2.24, 2.45) is 0 Å². The Morgan fingerprint density at radius 1 is 0.364 bits per heavy atom. The summed E-state index contributed by atoms with van der Waals surface area (Å²) in [5.41, 5.74) is 7.93.